The van der Waals surface area contributed by atoms with Crippen LogP contribution in [0.25, 0.3) is 10.9 Å². The highest BCUT2D eigenvalue weighted by Gasteiger charge is 2.12. The summed E-state index contributed by atoms with van der Waals surface area (Å²) in [5, 5.41) is 6.09. The molecule has 2 aromatic carbocycles. The van der Waals surface area contributed by atoms with Crippen molar-refractivity contribution in [1.29, 1.82) is 0 Å². The Morgan fingerprint density at radius 2 is 1.91 bits per heavy atom. The SMILES string of the molecule is CSc1ccccc1CNC(=O)n1[nH]c2ccccc2c1=O. The van der Waals surface area contributed by atoms with Gasteiger partial charge in [0.2, 0.25) is 0 Å². The largest absolute Gasteiger partial charge is 0.343 e. The standard InChI is InChI=1S/C16H15N3O2S/c1-22-14-9-5-2-6-11(14)10-17-16(21)19-15(20)12-7-3-4-8-13(12)18-19/h2-9,18H,10H2,1H3,(H,17,21). The number of hydrogen-bond acceptors (Lipinski definition) is 3. The van der Waals surface area contributed by atoms with Crippen LogP contribution < -0.4 is 10.9 Å². The zero-order chi connectivity index (χ0) is 15.5. The van der Waals surface area contributed by atoms with Crippen molar-refractivity contribution in [2.75, 3.05) is 6.26 Å². The Morgan fingerprint density at radius 1 is 1.18 bits per heavy atom. The van der Waals surface area contributed by atoms with Crippen molar-refractivity contribution in [3.05, 3.63) is 64.4 Å². The summed E-state index contributed by atoms with van der Waals surface area (Å²) in [4.78, 5) is 25.5. The predicted molar refractivity (Wildman–Crippen MR) is 88.4 cm³/mol. The number of nitrogens with zero attached hydrogens (tertiary/aromatic N) is 1. The van der Waals surface area contributed by atoms with Crippen LogP contribution in [0.15, 0.2) is 58.2 Å². The molecule has 5 nitrogen and oxygen atoms in total. The fraction of sp³-hybridized carbons (Fsp3) is 0.125. The van der Waals surface area contributed by atoms with Gasteiger partial charge in [0.15, 0.2) is 0 Å². The Kier molecular flexibility index (Phi) is 4.02. The van der Waals surface area contributed by atoms with Crippen LogP contribution in [-0.2, 0) is 6.54 Å². The van der Waals surface area contributed by atoms with Gasteiger partial charge >= 0.3 is 6.03 Å². The molecule has 0 aliphatic rings. The number of aromatic amines is 1. The lowest BCUT2D eigenvalue weighted by atomic mass is 10.2. The van der Waals surface area contributed by atoms with Crippen molar-refractivity contribution in [1.82, 2.24) is 15.1 Å². The Morgan fingerprint density at radius 3 is 2.68 bits per heavy atom. The van der Waals surface area contributed by atoms with E-state index >= 15 is 0 Å². The first-order valence-corrected chi connectivity index (χ1v) is 8.03. The molecule has 0 aliphatic carbocycles. The van der Waals surface area contributed by atoms with E-state index in [9.17, 15) is 9.59 Å². The lowest BCUT2D eigenvalue weighted by molar-refractivity contribution is 0.238. The first-order valence-electron chi connectivity index (χ1n) is 6.80. The maximum absolute atomic E-state index is 12.2. The number of hydrogen-bond donors (Lipinski definition) is 2. The van der Waals surface area contributed by atoms with Crippen LogP contribution in [0.3, 0.4) is 0 Å². The number of carbonyl (C=O) groups excluding carboxylic acids is 1. The molecule has 3 aromatic rings. The average molecular weight is 313 g/mol. The summed E-state index contributed by atoms with van der Waals surface area (Å²) in [6.07, 6.45) is 1.99. The van der Waals surface area contributed by atoms with Crippen LogP contribution in [-0.4, -0.2) is 22.1 Å². The molecule has 0 fully saturated rings. The first kappa shape index (κ1) is 14.5. The van der Waals surface area contributed by atoms with E-state index in [0.29, 0.717) is 17.4 Å². The Balaban J connectivity index is 1.82. The molecule has 1 aromatic heterocycles. The van der Waals surface area contributed by atoms with Crippen molar-refractivity contribution >= 4 is 28.7 Å². The molecule has 0 aliphatic heterocycles. The maximum Gasteiger partial charge on any atom is 0.343 e. The molecular formula is C16H15N3O2S. The number of fused-ring (bicyclic) bond motifs is 1. The van der Waals surface area contributed by atoms with E-state index in [1.807, 2.05) is 36.6 Å². The van der Waals surface area contributed by atoms with E-state index in [0.717, 1.165) is 15.1 Å². The number of amides is 1. The second kappa shape index (κ2) is 6.11. The summed E-state index contributed by atoms with van der Waals surface area (Å²) in [5.74, 6) is 0. The molecule has 0 spiro atoms. The quantitative estimate of drug-likeness (QED) is 0.731. The third-order valence-electron chi connectivity index (χ3n) is 3.42. The van der Waals surface area contributed by atoms with Gasteiger partial charge in [0, 0.05) is 11.4 Å². The molecule has 0 unspecified atom stereocenters. The predicted octanol–water partition coefficient (Wildman–Crippen LogP) is 2.81. The van der Waals surface area contributed by atoms with Crippen molar-refractivity contribution in [3.63, 3.8) is 0 Å². The molecule has 0 radical (unpaired) electrons. The summed E-state index contributed by atoms with van der Waals surface area (Å²) in [6, 6.07) is 14.4. The Hall–Kier alpha value is -2.47. The summed E-state index contributed by atoms with van der Waals surface area (Å²) in [6.45, 7) is 0.373. The third-order valence-corrected chi connectivity index (χ3v) is 4.26. The van der Waals surface area contributed by atoms with Crippen LogP contribution in [0.4, 0.5) is 4.79 Å². The Labute approximate surface area is 131 Å². The first-order chi connectivity index (χ1) is 10.7. The van der Waals surface area contributed by atoms with Crippen LogP contribution in [0.5, 0.6) is 0 Å². The van der Waals surface area contributed by atoms with E-state index < -0.39 is 6.03 Å². The average Bonchev–Trinajstić information content (AvgIpc) is 2.90. The van der Waals surface area contributed by atoms with E-state index in [1.54, 1.807) is 30.0 Å². The van der Waals surface area contributed by atoms with Crippen molar-refractivity contribution < 1.29 is 4.79 Å². The fourth-order valence-electron chi connectivity index (χ4n) is 2.30. The number of aromatic nitrogens is 2. The number of carbonyl (C=O) groups is 1. The monoisotopic (exact) mass is 313 g/mol. The number of benzene rings is 2. The zero-order valence-electron chi connectivity index (χ0n) is 12.0. The molecule has 1 heterocycles. The van der Waals surface area contributed by atoms with Gasteiger partial charge < -0.3 is 5.32 Å². The van der Waals surface area contributed by atoms with Gasteiger partial charge in [0.1, 0.15) is 0 Å². The summed E-state index contributed by atoms with van der Waals surface area (Å²) in [5.41, 5.74) is 1.32. The molecule has 2 N–H and O–H groups in total. The van der Waals surface area contributed by atoms with Gasteiger partial charge in [-0.3, -0.25) is 9.89 Å². The van der Waals surface area contributed by atoms with Gasteiger partial charge in [0.25, 0.3) is 5.56 Å². The molecule has 0 atom stereocenters. The highest BCUT2D eigenvalue weighted by atomic mass is 32.2. The minimum Gasteiger partial charge on any atom is -0.332 e. The molecule has 0 saturated carbocycles. The fourth-order valence-corrected chi connectivity index (χ4v) is 2.92. The molecule has 0 bridgehead atoms. The molecule has 0 saturated heterocycles. The second-order valence-corrected chi connectivity index (χ2v) is 5.62. The molecule has 3 rings (SSSR count). The van der Waals surface area contributed by atoms with E-state index in [-0.39, 0.29) is 5.56 Å². The van der Waals surface area contributed by atoms with Gasteiger partial charge in [-0.2, -0.15) is 4.68 Å². The zero-order valence-corrected chi connectivity index (χ0v) is 12.8. The third kappa shape index (κ3) is 2.65. The molecule has 1 amide bonds. The maximum atomic E-state index is 12.2. The van der Waals surface area contributed by atoms with Crippen molar-refractivity contribution in [2.24, 2.45) is 0 Å². The summed E-state index contributed by atoms with van der Waals surface area (Å²) >= 11 is 1.62. The van der Waals surface area contributed by atoms with Crippen LogP contribution in [0, 0.1) is 0 Å². The highest BCUT2D eigenvalue weighted by molar-refractivity contribution is 7.98. The molecule has 112 valence electrons. The van der Waals surface area contributed by atoms with Crippen LogP contribution >= 0.6 is 11.8 Å². The van der Waals surface area contributed by atoms with E-state index in [4.69, 9.17) is 0 Å². The van der Waals surface area contributed by atoms with Gasteiger partial charge in [-0.1, -0.05) is 30.3 Å². The lowest BCUT2D eigenvalue weighted by Gasteiger charge is -2.08. The van der Waals surface area contributed by atoms with Gasteiger partial charge in [-0.25, -0.2) is 4.79 Å². The van der Waals surface area contributed by atoms with Crippen molar-refractivity contribution in [3.8, 4) is 0 Å². The molecule has 22 heavy (non-hydrogen) atoms. The van der Waals surface area contributed by atoms with E-state index in [2.05, 4.69) is 10.4 Å². The van der Waals surface area contributed by atoms with Crippen LogP contribution in [0.1, 0.15) is 5.56 Å². The van der Waals surface area contributed by atoms with Gasteiger partial charge in [0.05, 0.1) is 10.9 Å². The normalized spacial score (nSPS) is 10.8. The highest BCUT2D eigenvalue weighted by Crippen LogP contribution is 2.19. The number of para-hydroxylation sites is 1. The molecular weight excluding hydrogens is 298 g/mol. The smallest absolute Gasteiger partial charge is 0.332 e. The van der Waals surface area contributed by atoms with Gasteiger partial charge in [-0.15, -0.1) is 11.8 Å². The Bertz CT molecular complexity index is 882. The van der Waals surface area contributed by atoms with Gasteiger partial charge in [-0.05, 0) is 30.0 Å². The van der Waals surface area contributed by atoms with E-state index in [1.165, 1.54) is 0 Å². The second-order valence-electron chi connectivity index (χ2n) is 4.77. The lowest BCUT2D eigenvalue weighted by Crippen LogP contribution is -2.35. The minimum atomic E-state index is -0.461. The topological polar surface area (TPSA) is 66.9 Å². The summed E-state index contributed by atoms with van der Waals surface area (Å²) < 4.78 is 1.01. The number of H-pyrrole nitrogens is 1. The molecule has 6 heteroatoms. The number of nitrogens with one attached hydrogen (secondary N) is 2. The number of rotatable bonds is 3. The van der Waals surface area contributed by atoms with Crippen LogP contribution in [0.2, 0.25) is 0 Å². The summed E-state index contributed by atoms with van der Waals surface area (Å²) in [7, 11) is 0. The minimum absolute atomic E-state index is 0.341. The van der Waals surface area contributed by atoms with Crippen molar-refractivity contribution in [2.45, 2.75) is 11.4 Å². The number of thioether (sulfide) groups is 1.